The van der Waals surface area contributed by atoms with Crippen molar-refractivity contribution >= 4 is 39.3 Å². The predicted octanol–water partition coefficient (Wildman–Crippen LogP) is 3.89. The van der Waals surface area contributed by atoms with Gasteiger partial charge < -0.3 is 20.5 Å². The lowest BCUT2D eigenvalue weighted by Gasteiger charge is -2.24. The minimum absolute atomic E-state index is 0.0284. The number of methoxy groups -OCH3 is 1. The summed E-state index contributed by atoms with van der Waals surface area (Å²) in [5, 5.41) is 19.5. The molecule has 1 atom stereocenters. The summed E-state index contributed by atoms with van der Waals surface area (Å²) in [6.07, 6.45) is 2.97. The van der Waals surface area contributed by atoms with Crippen LogP contribution in [0.3, 0.4) is 0 Å². The number of halogens is 1. The van der Waals surface area contributed by atoms with Crippen LogP contribution in [0.25, 0.3) is 0 Å². The van der Waals surface area contributed by atoms with Gasteiger partial charge in [-0.2, -0.15) is 5.10 Å². The number of carbonyl (C=O) groups excluding carboxylic acids is 1. The van der Waals surface area contributed by atoms with Gasteiger partial charge in [-0.25, -0.2) is 9.48 Å². The summed E-state index contributed by atoms with van der Waals surface area (Å²) in [7, 11) is 1.51. The van der Waals surface area contributed by atoms with E-state index in [-0.39, 0.29) is 11.3 Å². The van der Waals surface area contributed by atoms with Gasteiger partial charge in [0, 0.05) is 4.47 Å². The Morgan fingerprint density at radius 1 is 1.23 bits per heavy atom. The highest BCUT2D eigenvalue weighted by atomic mass is 79.9. The van der Waals surface area contributed by atoms with Gasteiger partial charge in [-0.15, -0.1) is 0 Å². The molecule has 0 fully saturated rings. The maximum absolute atomic E-state index is 13.0. The minimum Gasteiger partial charge on any atom is -0.495 e. The van der Waals surface area contributed by atoms with Gasteiger partial charge in [-0.05, 0) is 35.9 Å². The van der Waals surface area contributed by atoms with Crippen LogP contribution in [0, 0.1) is 0 Å². The van der Waals surface area contributed by atoms with E-state index in [0.717, 1.165) is 10.0 Å². The van der Waals surface area contributed by atoms with Crippen LogP contribution < -0.4 is 15.4 Å². The Balaban J connectivity index is 1.73. The molecule has 9 heteroatoms. The van der Waals surface area contributed by atoms with Crippen molar-refractivity contribution in [1.82, 2.24) is 9.78 Å². The lowest BCUT2D eigenvalue weighted by atomic mass is 10.0. The molecule has 2 aromatic carbocycles. The molecule has 2 heterocycles. The highest BCUT2D eigenvalue weighted by molar-refractivity contribution is 9.10. The number of hydrogen-bond acceptors (Lipinski definition) is 5. The van der Waals surface area contributed by atoms with E-state index in [0.29, 0.717) is 17.3 Å². The van der Waals surface area contributed by atoms with Crippen LogP contribution in [0.1, 0.15) is 22.0 Å². The smallest absolute Gasteiger partial charge is 0.352 e. The second-order valence-electron chi connectivity index (χ2n) is 6.52. The molecule has 1 aromatic heterocycles. The lowest BCUT2D eigenvalue weighted by Crippen LogP contribution is -2.25. The molecule has 152 valence electrons. The van der Waals surface area contributed by atoms with E-state index in [1.54, 1.807) is 35.0 Å². The van der Waals surface area contributed by atoms with Crippen LogP contribution >= 0.6 is 15.9 Å². The Kier molecular flexibility index (Phi) is 5.28. The van der Waals surface area contributed by atoms with Crippen LogP contribution in [0.15, 0.2) is 71.0 Å². The van der Waals surface area contributed by atoms with Gasteiger partial charge in [0.15, 0.2) is 0 Å². The molecule has 0 saturated carbocycles. The van der Waals surface area contributed by atoms with Crippen molar-refractivity contribution in [3.8, 4) is 5.75 Å². The molecule has 1 amide bonds. The third-order valence-corrected chi connectivity index (χ3v) is 5.15. The molecular weight excluding hydrogens is 452 g/mol. The fourth-order valence-electron chi connectivity index (χ4n) is 3.25. The number of fused-ring (bicyclic) bond motifs is 1. The molecule has 8 nitrogen and oxygen atoms in total. The first-order valence-electron chi connectivity index (χ1n) is 8.97. The molecule has 1 aliphatic heterocycles. The highest BCUT2D eigenvalue weighted by Crippen LogP contribution is 2.34. The number of nitrogens with one attached hydrogen (secondary N) is 2. The summed E-state index contributed by atoms with van der Waals surface area (Å²) < 4.78 is 7.71. The number of aromatic nitrogens is 2. The third kappa shape index (κ3) is 3.67. The maximum Gasteiger partial charge on any atom is 0.352 e. The fourth-order valence-corrected chi connectivity index (χ4v) is 3.67. The average molecular weight is 469 g/mol. The van der Waals surface area contributed by atoms with Gasteiger partial charge in [0.1, 0.15) is 22.8 Å². The number of carboxylic acids is 1. The van der Waals surface area contributed by atoms with E-state index in [9.17, 15) is 14.7 Å². The van der Waals surface area contributed by atoms with Crippen molar-refractivity contribution in [3.63, 3.8) is 0 Å². The molecule has 1 aliphatic rings. The maximum atomic E-state index is 13.0. The summed E-state index contributed by atoms with van der Waals surface area (Å²) in [4.78, 5) is 24.7. The quantitative estimate of drug-likeness (QED) is 0.524. The number of aliphatic carboxylic acids is 1. The number of carbonyl (C=O) groups is 2. The summed E-state index contributed by atoms with van der Waals surface area (Å²) in [6.45, 7) is 0. The largest absolute Gasteiger partial charge is 0.495 e. The van der Waals surface area contributed by atoms with E-state index in [1.165, 1.54) is 13.3 Å². The summed E-state index contributed by atoms with van der Waals surface area (Å²) >= 11 is 3.43. The summed E-state index contributed by atoms with van der Waals surface area (Å²) in [6, 6.07) is 14.0. The molecule has 0 spiro atoms. The Hall–Kier alpha value is -3.59. The first-order chi connectivity index (χ1) is 14.5. The Bertz CT molecular complexity index is 1170. The predicted molar refractivity (Wildman–Crippen MR) is 115 cm³/mol. The molecule has 3 N–H and O–H groups in total. The Labute approximate surface area is 180 Å². The monoisotopic (exact) mass is 468 g/mol. The van der Waals surface area contributed by atoms with Crippen LogP contribution in [0.4, 0.5) is 11.5 Å². The molecule has 4 rings (SSSR count). The van der Waals surface area contributed by atoms with Crippen molar-refractivity contribution in [3.05, 3.63) is 82.1 Å². The number of hydrogen-bond donors (Lipinski definition) is 3. The van der Waals surface area contributed by atoms with Gasteiger partial charge >= 0.3 is 5.97 Å². The third-order valence-electron chi connectivity index (χ3n) is 4.66. The van der Waals surface area contributed by atoms with Gasteiger partial charge in [0.2, 0.25) is 0 Å². The zero-order valence-electron chi connectivity index (χ0n) is 15.8. The van der Waals surface area contributed by atoms with Crippen LogP contribution in [-0.4, -0.2) is 33.9 Å². The minimum atomic E-state index is -1.13. The van der Waals surface area contributed by atoms with Crippen LogP contribution in [0.2, 0.25) is 0 Å². The van der Waals surface area contributed by atoms with Crippen molar-refractivity contribution in [2.45, 2.75) is 6.04 Å². The number of rotatable bonds is 5. The zero-order valence-corrected chi connectivity index (χ0v) is 17.4. The van der Waals surface area contributed by atoms with Crippen molar-refractivity contribution in [1.29, 1.82) is 0 Å². The fraction of sp³-hybridized carbons (Fsp3) is 0.0952. The molecule has 30 heavy (non-hydrogen) atoms. The number of nitrogens with zero attached hydrogens (tertiary/aromatic N) is 2. The number of para-hydroxylation sites is 2. The normalized spacial score (nSPS) is 14.9. The van der Waals surface area contributed by atoms with Gasteiger partial charge in [0.05, 0.1) is 25.0 Å². The second kappa shape index (κ2) is 8.03. The van der Waals surface area contributed by atoms with E-state index >= 15 is 0 Å². The second-order valence-corrected chi connectivity index (χ2v) is 7.43. The Morgan fingerprint density at radius 2 is 2.03 bits per heavy atom. The molecule has 1 unspecified atom stereocenters. The number of amides is 1. The highest BCUT2D eigenvalue weighted by Gasteiger charge is 2.29. The average Bonchev–Trinajstić information content (AvgIpc) is 3.17. The van der Waals surface area contributed by atoms with E-state index < -0.39 is 17.9 Å². The topological polar surface area (TPSA) is 105 Å². The summed E-state index contributed by atoms with van der Waals surface area (Å²) in [5.41, 5.74) is 1.51. The van der Waals surface area contributed by atoms with Crippen molar-refractivity contribution < 1.29 is 19.4 Å². The zero-order chi connectivity index (χ0) is 21.3. The van der Waals surface area contributed by atoms with E-state index in [4.69, 9.17) is 4.74 Å². The molecule has 0 aliphatic carbocycles. The first kappa shape index (κ1) is 19.7. The number of allylic oxidation sites excluding steroid dienone is 1. The first-order valence-corrected chi connectivity index (χ1v) is 9.76. The number of benzene rings is 2. The van der Waals surface area contributed by atoms with Crippen LogP contribution in [0.5, 0.6) is 5.75 Å². The van der Waals surface area contributed by atoms with Gasteiger partial charge in [-0.3, -0.25) is 4.79 Å². The molecule has 0 saturated heterocycles. The van der Waals surface area contributed by atoms with Crippen molar-refractivity contribution in [2.24, 2.45) is 0 Å². The number of anilines is 2. The van der Waals surface area contributed by atoms with E-state index in [1.807, 2.05) is 24.3 Å². The Morgan fingerprint density at radius 3 is 2.77 bits per heavy atom. The van der Waals surface area contributed by atoms with Gasteiger partial charge in [-0.1, -0.05) is 40.2 Å². The van der Waals surface area contributed by atoms with Crippen molar-refractivity contribution in [2.75, 3.05) is 17.7 Å². The van der Waals surface area contributed by atoms with Crippen LogP contribution in [-0.2, 0) is 4.79 Å². The van der Waals surface area contributed by atoms with E-state index in [2.05, 4.69) is 31.7 Å². The standard InChI is InChI=1S/C21H17BrN4O4/c1-30-18-8-3-2-7-15(18)25-20(27)14-11-23-26-17(12-5-4-6-13(22)9-12)10-16(21(28)29)24-19(14)26/h2-11,17,24H,1H3,(H,25,27)(H,28,29). The molecule has 0 bridgehead atoms. The SMILES string of the molecule is COc1ccccc1NC(=O)c1cnn2c1NC(C(=O)O)=CC2c1cccc(Br)c1. The number of ether oxygens (including phenoxy) is 1. The van der Waals surface area contributed by atoms with Gasteiger partial charge in [0.25, 0.3) is 5.91 Å². The number of carboxylic acid groups (broad SMARTS) is 1. The molecule has 3 aromatic rings. The molecule has 0 radical (unpaired) electrons. The lowest BCUT2D eigenvalue weighted by molar-refractivity contribution is -0.132. The molecular formula is C21H17BrN4O4. The summed E-state index contributed by atoms with van der Waals surface area (Å²) in [5.74, 6) is -0.753.